The smallest absolute Gasteiger partial charge is 0.406 e. The molecule has 0 spiro atoms. The van der Waals surface area contributed by atoms with E-state index in [9.17, 15) is 13.2 Å². The molecule has 4 heteroatoms. The Morgan fingerprint density at radius 3 is 1.84 bits per heavy atom. The number of alkyl halides is 3. The zero-order valence-electron chi connectivity index (χ0n) is 18.2. The zero-order valence-corrected chi connectivity index (χ0v) is 18.2. The van der Waals surface area contributed by atoms with Gasteiger partial charge in [-0.05, 0) is 66.6 Å². The molecule has 0 radical (unpaired) electrons. The van der Waals surface area contributed by atoms with Crippen LogP contribution in [0.5, 0.6) is 5.75 Å². The van der Waals surface area contributed by atoms with Gasteiger partial charge in [0, 0.05) is 11.1 Å². The first-order valence-corrected chi connectivity index (χ1v) is 11.4. The van der Waals surface area contributed by atoms with Crippen molar-refractivity contribution in [2.24, 2.45) is 11.8 Å². The van der Waals surface area contributed by atoms with E-state index in [-0.39, 0.29) is 5.75 Å². The first-order chi connectivity index (χ1) is 14.9. The zero-order chi connectivity index (χ0) is 22.1. The molecule has 3 rings (SSSR count). The Bertz CT molecular complexity index is 849. The van der Waals surface area contributed by atoms with Crippen molar-refractivity contribution in [3.05, 3.63) is 65.2 Å². The van der Waals surface area contributed by atoms with Crippen LogP contribution < -0.4 is 4.74 Å². The average molecular weight is 429 g/mol. The molecule has 0 unspecified atom stereocenters. The second-order valence-electron chi connectivity index (χ2n) is 8.59. The Labute approximate surface area is 184 Å². The number of rotatable bonds is 7. The highest BCUT2D eigenvalue weighted by atomic mass is 19.4. The van der Waals surface area contributed by atoms with Gasteiger partial charge in [0.15, 0.2) is 0 Å². The minimum absolute atomic E-state index is 0.239. The van der Waals surface area contributed by atoms with Gasteiger partial charge in [-0.3, -0.25) is 0 Å². The fourth-order valence-electron chi connectivity index (χ4n) is 4.31. The predicted octanol–water partition coefficient (Wildman–Crippen LogP) is 7.91. The van der Waals surface area contributed by atoms with E-state index in [2.05, 4.69) is 35.6 Å². The molecule has 0 saturated heterocycles. The van der Waals surface area contributed by atoms with E-state index in [1.807, 2.05) is 12.1 Å². The van der Waals surface area contributed by atoms with Crippen molar-refractivity contribution in [3.63, 3.8) is 0 Å². The van der Waals surface area contributed by atoms with Crippen molar-refractivity contribution in [2.45, 2.75) is 71.1 Å². The summed E-state index contributed by atoms with van der Waals surface area (Å²) in [7, 11) is 0. The van der Waals surface area contributed by atoms with Crippen molar-refractivity contribution in [1.82, 2.24) is 0 Å². The molecular weight excluding hydrogens is 397 g/mol. The molecule has 0 aromatic heterocycles. The molecule has 0 atom stereocenters. The Morgan fingerprint density at radius 1 is 0.806 bits per heavy atom. The van der Waals surface area contributed by atoms with Gasteiger partial charge in [0.25, 0.3) is 0 Å². The first-order valence-electron chi connectivity index (χ1n) is 11.4. The lowest BCUT2D eigenvalue weighted by Crippen LogP contribution is -2.16. The summed E-state index contributed by atoms with van der Waals surface area (Å²) in [6, 6.07) is 13.9. The summed E-state index contributed by atoms with van der Waals surface area (Å²) in [6.45, 7) is 2.27. The first kappa shape index (κ1) is 23.3. The fourth-order valence-corrected chi connectivity index (χ4v) is 4.31. The Morgan fingerprint density at radius 2 is 1.32 bits per heavy atom. The van der Waals surface area contributed by atoms with Crippen LogP contribution in [0, 0.1) is 23.7 Å². The lowest BCUT2D eigenvalue weighted by Gasteiger charge is -2.28. The van der Waals surface area contributed by atoms with Crippen LogP contribution >= 0.6 is 0 Å². The van der Waals surface area contributed by atoms with E-state index in [1.165, 1.54) is 81.2 Å². The molecule has 0 amide bonds. The van der Waals surface area contributed by atoms with E-state index in [0.29, 0.717) is 5.56 Å². The van der Waals surface area contributed by atoms with Crippen LogP contribution in [0.3, 0.4) is 0 Å². The molecule has 0 bridgehead atoms. The van der Waals surface area contributed by atoms with Crippen LogP contribution in [0.25, 0.3) is 0 Å². The Hall–Kier alpha value is -2.41. The Kier molecular flexibility index (Phi) is 8.46. The van der Waals surface area contributed by atoms with E-state index in [4.69, 9.17) is 0 Å². The normalized spacial score (nSPS) is 18.8. The van der Waals surface area contributed by atoms with Crippen LogP contribution in [0.15, 0.2) is 48.5 Å². The van der Waals surface area contributed by atoms with Crippen LogP contribution in [0.4, 0.5) is 13.2 Å². The molecule has 1 aliphatic rings. The maximum absolute atomic E-state index is 12.2. The maximum atomic E-state index is 12.2. The fraction of sp³-hybridized carbons (Fsp3) is 0.481. The van der Waals surface area contributed by atoms with Gasteiger partial charge in [-0.25, -0.2) is 0 Å². The third-order valence-electron chi connectivity index (χ3n) is 6.17. The molecule has 31 heavy (non-hydrogen) atoms. The van der Waals surface area contributed by atoms with Crippen LogP contribution in [-0.4, -0.2) is 6.36 Å². The number of unbranched alkanes of at least 4 members (excludes halogenated alkanes) is 1. The standard InChI is InChI=1S/C27H31F3O/c1-2-3-4-21-5-7-22(8-6-21)9-10-23-11-13-24(14-12-23)15-16-25-17-19-26(20-18-25)31-27(28,29)30/h11-14,17-22H,2-10H2,1H3. The molecule has 166 valence electrons. The molecule has 2 aromatic rings. The number of aryl methyl sites for hydroxylation is 1. The summed E-state index contributed by atoms with van der Waals surface area (Å²) in [5, 5.41) is 0. The van der Waals surface area contributed by atoms with Gasteiger partial charge in [0.2, 0.25) is 0 Å². The summed E-state index contributed by atoms with van der Waals surface area (Å²) in [4.78, 5) is 0. The number of ether oxygens (including phenoxy) is 1. The van der Waals surface area contributed by atoms with Gasteiger partial charge in [0.1, 0.15) is 5.75 Å². The molecule has 1 nitrogen and oxygen atoms in total. The monoisotopic (exact) mass is 428 g/mol. The third kappa shape index (κ3) is 8.32. The lowest BCUT2D eigenvalue weighted by molar-refractivity contribution is -0.274. The molecule has 2 aromatic carbocycles. The maximum Gasteiger partial charge on any atom is 0.573 e. The summed E-state index contributed by atoms with van der Waals surface area (Å²) in [5.41, 5.74) is 2.89. The van der Waals surface area contributed by atoms with Gasteiger partial charge in [0.05, 0.1) is 0 Å². The minimum Gasteiger partial charge on any atom is -0.406 e. The summed E-state index contributed by atoms with van der Waals surface area (Å²) < 4.78 is 40.5. The second kappa shape index (κ2) is 11.3. The van der Waals surface area contributed by atoms with Crippen molar-refractivity contribution in [1.29, 1.82) is 0 Å². The third-order valence-corrected chi connectivity index (χ3v) is 6.17. The molecule has 0 N–H and O–H groups in total. The highest BCUT2D eigenvalue weighted by Crippen LogP contribution is 2.34. The summed E-state index contributed by atoms with van der Waals surface area (Å²) in [6.07, 6.45) is 7.36. The highest BCUT2D eigenvalue weighted by molar-refractivity contribution is 5.44. The van der Waals surface area contributed by atoms with Crippen molar-refractivity contribution >= 4 is 0 Å². The van der Waals surface area contributed by atoms with Crippen LogP contribution in [0.2, 0.25) is 0 Å². The molecule has 1 aliphatic carbocycles. The molecular formula is C27H31F3O. The SMILES string of the molecule is CCCCC1CCC(CCc2ccc(C#Cc3ccc(OC(F)(F)F)cc3)cc2)CC1. The lowest BCUT2D eigenvalue weighted by atomic mass is 9.78. The van der Waals surface area contributed by atoms with E-state index in [1.54, 1.807) is 0 Å². The van der Waals surface area contributed by atoms with Gasteiger partial charge in [-0.2, -0.15) is 0 Å². The molecule has 1 fully saturated rings. The largest absolute Gasteiger partial charge is 0.573 e. The van der Waals surface area contributed by atoms with E-state index >= 15 is 0 Å². The number of halogens is 3. The van der Waals surface area contributed by atoms with Gasteiger partial charge in [-0.1, -0.05) is 75.8 Å². The van der Waals surface area contributed by atoms with Crippen LogP contribution in [0.1, 0.15) is 75.0 Å². The quantitative estimate of drug-likeness (QED) is 0.407. The number of hydrogen-bond donors (Lipinski definition) is 0. The summed E-state index contributed by atoms with van der Waals surface area (Å²) >= 11 is 0. The molecule has 0 heterocycles. The van der Waals surface area contributed by atoms with Gasteiger partial charge in [-0.15, -0.1) is 13.2 Å². The van der Waals surface area contributed by atoms with E-state index in [0.717, 1.165) is 23.8 Å². The topological polar surface area (TPSA) is 9.23 Å². The Balaban J connectivity index is 1.45. The van der Waals surface area contributed by atoms with Crippen molar-refractivity contribution < 1.29 is 17.9 Å². The molecule has 0 aliphatic heterocycles. The molecule has 1 saturated carbocycles. The minimum atomic E-state index is -4.68. The predicted molar refractivity (Wildman–Crippen MR) is 119 cm³/mol. The van der Waals surface area contributed by atoms with Gasteiger partial charge >= 0.3 is 6.36 Å². The van der Waals surface area contributed by atoms with Crippen LogP contribution in [-0.2, 0) is 6.42 Å². The van der Waals surface area contributed by atoms with E-state index < -0.39 is 6.36 Å². The van der Waals surface area contributed by atoms with Gasteiger partial charge < -0.3 is 4.74 Å². The second-order valence-corrected chi connectivity index (χ2v) is 8.59. The van der Waals surface area contributed by atoms with Crippen molar-refractivity contribution in [3.8, 4) is 17.6 Å². The van der Waals surface area contributed by atoms with Crippen molar-refractivity contribution in [2.75, 3.05) is 0 Å². The average Bonchev–Trinajstić information content (AvgIpc) is 2.76. The number of hydrogen-bond acceptors (Lipinski definition) is 1. The number of benzene rings is 2. The summed E-state index contributed by atoms with van der Waals surface area (Å²) in [5.74, 6) is 7.64. The highest BCUT2D eigenvalue weighted by Gasteiger charge is 2.30.